The van der Waals surface area contributed by atoms with Gasteiger partial charge in [0.05, 0.1) is 5.92 Å². The Kier molecular flexibility index (Phi) is 3.71. The van der Waals surface area contributed by atoms with E-state index in [-0.39, 0.29) is 29.3 Å². The first-order valence-corrected chi connectivity index (χ1v) is 6.29. The highest BCUT2D eigenvalue weighted by Gasteiger charge is 2.37. The Morgan fingerprint density at radius 2 is 2.11 bits per heavy atom. The zero-order valence-electron chi connectivity index (χ0n) is 10.6. The van der Waals surface area contributed by atoms with E-state index in [0.29, 0.717) is 12.2 Å². The highest BCUT2D eigenvalue weighted by Crippen LogP contribution is 2.24. The van der Waals surface area contributed by atoms with Crippen molar-refractivity contribution >= 4 is 23.5 Å². The quantitative estimate of drug-likeness (QED) is 0.826. The van der Waals surface area contributed by atoms with Crippen molar-refractivity contribution in [3.63, 3.8) is 0 Å². The summed E-state index contributed by atoms with van der Waals surface area (Å²) in [5.74, 6) is -1.77. The monoisotopic (exact) mass is 283 g/mol. The van der Waals surface area contributed by atoms with Crippen molar-refractivity contribution in [2.24, 2.45) is 11.8 Å². The molecule has 1 aromatic heterocycles. The normalized spacial score (nSPS) is 22.6. The second-order valence-corrected chi connectivity index (χ2v) is 5.13. The van der Waals surface area contributed by atoms with E-state index in [2.05, 4.69) is 9.97 Å². The Bertz CT molecular complexity index is 515. The fourth-order valence-corrected chi connectivity index (χ4v) is 2.48. The molecule has 102 valence electrons. The van der Waals surface area contributed by atoms with Crippen LogP contribution in [-0.2, 0) is 4.79 Å². The molecular weight excluding hydrogens is 270 g/mol. The Labute approximate surface area is 115 Å². The van der Waals surface area contributed by atoms with E-state index >= 15 is 0 Å². The van der Waals surface area contributed by atoms with Crippen LogP contribution >= 0.6 is 11.6 Å². The summed E-state index contributed by atoms with van der Waals surface area (Å²) in [5.41, 5.74) is 0.807. The molecule has 0 saturated carbocycles. The topological polar surface area (TPSA) is 83.4 Å². The second-order valence-electron chi connectivity index (χ2n) is 4.80. The maximum Gasteiger partial charge on any atom is 0.308 e. The van der Waals surface area contributed by atoms with Gasteiger partial charge in [-0.05, 0) is 30.5 Å². The van der Waals surface area contributed by atoms with E-state index < -0.39 is 11.9 Å². The summed E-state index contributed by atoms with van der Waals surface area (Å²) in [6.07, 6.45) is 0. The van der Waals surface area contributed by atoms with Gasteiger partial charge in [-0.15, -0.1) is 0 Å². The molecule has 19 heavy (non-hydrogen) atoms. The number of aryl methyl sites for hydroxylation is 1. The molecule has 1 aliphatic rings. The van der Waals surface area contributed by atoms with E-state index in [4.69, 9.17) is 16.7 Å². The summed E-state index contributed by atoms with van der Waals surface area (Å²) >= 11 is 5.72. The van der Waals surface area contributed by atoms with E-state index in [9.17, 15) is 9.59 Å². The summed E-state index contributed by atoms with van der Waals surface area (Å²) in [7, 11) is 0. The number of aromatic nitrogens is 2. The molecule has 0 aliphatic carbocycles. The zero-order chi connectivity index (χ0) is 14.2. The molecule has 0 radical (unpaired) electrons. The SMILES string of the molecule is Cc1cc(C(=O)N2CC(C)C(C(=O)O)C2)nc(Cl)n1. The van der Waals surface area contributed by atoms with Crippen LogP contribution in [0, 0.1) is 18.8 Å². The third-order valence-electron chi connectivity index (χ3n) is 3.26. The van der Waals surface area contributed by atoms with Gasteiger partial charge in [0.2, 0.25) is 5.28 Å². The van der Waals surface area contributed by atoms with Crippen molar-refractivity contribution in [1.29, 1.82) is 0 Å². The standard InChI is InChI=1S/C12H14ClN3O3/c1-6-4-16(5-8(6)11(18)19)10(17)9-3-7(2)14-12(13)15-9/h3,6,8H,4-5H2,1-2H3,(H,18,19). The second kappa shape index (κ2) is 5.13. The molecule has 6 nitrogen and oxygen atoms in total. The number of rotatable bonds is 2. The fourth-order valence-electron chi connectivity index (χ4n) is 2.26. The lowest BCUT2D eigenvalue weighted by atomic mass is 9.99. The maximum absolute atomic E-state index is 12.2. The number of carboxylic acids is 1. The van der Waals surface area contributed by atoms with Crippen LogP contribution in [0.5, 0.6) is 0 Å². The third kappa shape index (κ3) is 2.84. The summed E-state index contributed by atoms with van der Waals surface area (Å²) < 4.78 is 0. The minimum absolute atomic E-state index is 0.0189. The Balaban J connectivity index is 2.19. The summed E-state index contributed by atoms with van der Waals surface area (Å²) in [4.78, 5) is 32.6. The van der Waals surface area contributed by atoms with Crippen LogP contribution in [0.2, 0.25) is 5.28 Å². The van der Waals surface area contributed by atoms with Crippen LogP contribution in [-0.4, -0.2) is 44.9 Å². The molecule has 1 aromatic rings. The molecule has 1 N–H and O–H groups in total. The van der Waals surface area contributed by atoms with Crippen molar-refractivity contribution < 1.29 is 14.7 Å². The fraction of sp³-hybridized carbons (Fsp3) is 0.500. The van der Waals surface area contributed by atoms with E-state index in [0.717, 1.165) is 0 Å². The van der Waals surface area contributed by atoms with Crippen molar-refractivity contribution in [3.05, 3.63) is 22.7 Å². The van der Waals surface area contributed by atoms with Gasteiger partial charge in [-0.1, -0.05) is 6.92 Å². The Morgan fingerprint density at radius 1 is 1.42 bits per heavy atom. The zero-order valence-corrected chi connectivity index (χ0v) is 11.4. The number of halogens is 1. The molecule has 1 fully saturated rings. The smallest absolute Gasteiger partial charge is 0.308 e. The number of nitrogens with zero attached hydrogens (tertiary/aromatic N) is 3. The highest BCUT2D eigenvalue weighted by atomic mass is 35.5. The van der Waals surface area contributed by atoms with Gasteiger partial charge in [0.1, 0.15) is 5.69 Å². The van der Waals surface area contributed by atoms with Crippen molar-refractivity contribution in [2.45, 2.75) is 13.8 Å². The summed E-state index contributed by atoms with van der Waals surface area (Å²) in [6, 6.07) is 1.55. The van der Waals surface area contributed by atoms with Crippen LogP contribution in [0.15, 0.2) is 6.07 Å². The van der Waals surface area contributed by atoms with Crippen LogP contribution in [0.4, 0.5) is 0 Å². The molecule has 0 bridgehead atoms. The molecule has 2 heterocycles. The number of aliphatic carboxylic acids is 1. The molecule has 2 atom stereocenters. The molecule has 7 heteroatoms. The first kappa shape index (κ1) is 13.7. The molecule has 1 amide bonds. The van der Waals surface area contributed by atoms with Crippen LogP contribution in [0.25, 0.3) is 0 Å². The van der Waals surface area contributed by atoms with E-state index in [1.807, 2.05) is 6.92 Å². The van der Waals surface area contributed by atoms with Crippen molar-refractivity contribution in [2.75, 3.05) is 13.1 Å². The predicted molar refractivity (Wildman–Crippen MR) is 68.0 cm³/mol. The molecular formula is C12H14ClN3O3. The van der Waals surface area contributed by atoms with Gasteiger partial charge in [0, 0.05) is 18.8 Å². The predicted octanol–water partition coefficient (Wildman–Crippen LogP) is 1.23. The maximum atomic E-state index is 12.2. The number of likely N-dealkylation sites (tertiary alicyclic amines) is 1. The van der Waals surface area contributed by atoms with Crippen LogP contribution < -0.4 is 0 Å². The number of hydrogen-bond donors (Lipinski definition) is 1. The van der Waals surface area contributed by atoms with Gasteiger partial charge in [-0.25, -0.2) is 9.97 Å². The molecule has 0 spiro atoms. The minimum Gasteiger partial charge on any atom is -0.481 e. The number of amides is 1. The molecule has 2 rings (SSSR count). The Morgan fingerprint density at radius 3 is 2.63 bits per heavy atom. The van der Waals surface area contributed by atoms with E-state index in [1.165, 1.54) is 4.90 Å². The molecule has 0 aromatic carbocycles. The first-order chi connectivity index (χ1) is 8.88. The lowest BCUT2D eigenvalue weighted by molar-refractivity contribution is -0.142. The van der Waals surface area contributed by atoms with Gasteiger partial charge >= 0.3 is 5.97 Å². The van der Waals surface area contributed by atoms with Gasteiger partial charge in [-0.3, -0.25) is 9.59 Å². The average molecular weight is 284 g/mol. The molecule has 2 unspecified atom stereocenters. The van der Waals surface area contributed by atoms with Gasteiger partial charge in [0.25, 0.3) is 5.91 Å². The largest absolute Gasteiger partial charge is 0.481 e. The minimum atomic E-state index is -0.875. The van der Waals surface area contributed by atoms with Crippen molar-refractivity contribution in [3.8, 4) is 0 Å². The number of carboxylic acid groups (broad SMARTS) is 1. The number of hydrogen-bond acceptors (Lipinski definition) is 4. The molecule has 1 saturated heterocycles. The van der Waals surface area contributed by atoms with Gasteiger partial charge in [-0.2, -0.15) is 0 Å². The lowest BCUT2D eigenvalue weighted by Crippen LogP contribution is -2.30. The number of carbonyl (C=O) groups excluding carboxylic acids is 1. The molecule has 1 aliphatic heterocycles. The van der Waals surface area contributed by atoms with Gasteiger partial charge in [0.15, 0.2) is 0 Å². The van der Waals surface area contributed by atoms with Gasteiger partial charge < -0.3 is 10.0 Å². The van der Waals surface area contributed by atoms with Crippen LogP contribution in [0.3, 0.4) is 0 Å². The lowest BCUT2D eigenvalue weighted by Gasteiger charge is -2.15. The van der Waals surface area contributed by atoms with Crippen molar-refractivity contribution in [1.82, 2.24) is 14.9 Å². The Hall–Kier alpha value is -1.69. The first-order valence-electron chi connectivity index (χ1n) is 5.91. The number of carbonyl (C=O) groups is 2. The highest BCUT2D eigenvalue weighted by molar-refractivity contribution is 6.28. The average Bonchev–Trinajstić information content (AvgIpc) is 2.69. The third-order valence-corrected chi connectivity index (χ3v) is 3.43. The summed E-state index contributed by atoms with van der Waals surface area (Å²) in [6.45, 7) is 4.16. The summed E-state index contributed by atoms with van der Waals surface area (Å²) in [5, 5.41) is 9.08. The van der Waals surface area contributed by atoms with Crippen LogP contribution in [0.1, 0.15) is 23.1 Å². The van der Waals surface area contributed by atoms with E-state index in [1.54, 1.807) is 13.0 Å².